The van der Waals surface area contributed by atoms with Crippen LogP contribution in [0.15, 0.2) is 12.7 Å². The van der Waals surface area contributed by atoms with E-state index in [0.717, 1.165) is 13.1 Å². The van der Waals surface area contributed by atoms with E-state index in [2.05, 4.69) is 20.4 Å². The number of carbonyl (C=O) groups is 1. The highest BCUT2D eigenvalue weighted by Crippen LogP contribution is 2.20. The van der Waals surface area contributed by atoms with E-state index >= 15 is 0 Å². The fraction of sp³-hybridized carbons (Fsp3) is 0.727. The molecule has 13 heavy (non-hydrogen) atoms. The van der Waals surface area contributed by atoms with Crippen molar-refractivity contribution < 1.29 is 4.79 Å². The summed E-state index contributed by atoms with van der Waals surface area (Å²) in [5.41, 5.74) is 0. The Labute approximate surface area is 80.6 Å². The van der Waals surface area contributed by atoms with Crippen molar-refractivity contribution in [2.75, 3.05) is 13.1 Å². The monoisotopic (exact) mass is 181 g/mol. The normalized spacial score (nSPS) is 29.5. The lowest BCUT2D eigenvalue weighted by Crippen LogP contribution is -2.34. The molecule has 1 aliphatic heterocycles. The quantitative estimate of drug-likeness (QED) is 0.567. The molecule has 1 aliphatic rings. The van der Waals surface area contributed by atoms with Gasteiger partial charge in [-0.05, 0) is 30.8 Å². The summed E-state index contributed by atoms with van der Waals surface area (Å²) < 4.78 is 0. The van der Waals surface area contributed by atoms with E-state index in [-0.39, 0.29) is 5.91 Å². The van der Waals surface area contributed by atoms with E-state index in [1.165, 1.54) is 18.9 Å². The summed E-state index contributed by atoms with van der Waals surface area (Å²) >= 11 is 0. The summed E-state index contributed by atoms with van der Waals surface area (Å²) in [6, 6.07) is 0. The molecule has 1 heterocycles. The molecule has 0 aromatic rings. The lowest BCUT2D eigenvalue weighted by molar-refractivity contribution is -0.126. The minimum atomic E-state index is 0.0839. The van der Waals surface area contributed by atoms with Crippen molar-refractivity contribution in [2.24, 2.45) is 11.8 Å². The van der Waals surface area contributed by atoms with Crippen molar-refractivity contribution in [2.45, 2.75) is 26.7 Å². The lowest BCUT2D eigenvalue weighted by atomic mass is 10.0. The van der Waals surface area contributed by atoms with Crippen molar-refractivity contribution in [3.63, 3.8) is 0 Å². The molecule has 0 unspecified atom stereocenters. The predicted molar refractivity (Wildman–Crippen MR) is 54.3 cm³/mol. The molecule has 2 atom stereocenters. The first-order chi connectivity index (χ1) is 6.13. The van der Waals surface area contributed by atoms with Gasteiger partial charge in [0.15, 0.2) is 0 Å². The van der Waals surface area contributed by atoms with Crippen LogP contribution in [0.2, 0.25) is 0 Å². The van der Waals surface area contributed by atoms with Crippen LogP contribution >= 0.6 is 0 Å². The molecule has 1 amide bonds. The third-order valence-electron chi connectivity index (χ3n) is 2.70. The van der Waals surface area contributed by atoms with Crippen LogP contribution in [0.4, 0.5) is 0 Å². The van der Waals surface area contributed by atoms with Gasteiger partial charge < -0.3 is 4.90 Å². The van der Waals surface area contributed by atoms with Crippen LogP contribution in [0.25, 0.3) is 0 Å². The number of amides is 1. The first-order valence-corrected chi connectivity index (χ1v) is 5.04. The number of likely N-dealkylation sites (tertiary alicyclic amines) is 1. The van der Waals surface area contributed by atoms with E-state index in [1.807, 2.05) is 4.90 Å². The Balaban J connectivity index is 2.61. The third-order valence-corrected chi connectivity index (χ3v) is 2.70. The highest BCUT2D eigenvalue weighted by Gasteiger charge is 2.21. The van der Waals surface area contributed by atoms with Crippen molar-refractivity contribution in [3.8, 4) is 0 Å². The maximum atomic E-state index is 11.4. The Morgan fingerprint density at radius 2 is 1.77 bits per heavy atom. The summed E-state index contributed by atoms with van der Waals surface area (Å²) in [4.78, 5) is 13.3. The van der Waals surface area contributed by atoms with Crippen molar-refractivity contribution in [3.05, 3.63) is 12.7 Å². The molecule has 1 fully saturated rings. The summed E-state index contributed by atoms with van der Waals surface area (Å²) in [6.45, 7) is 9.74. The molecule has 74 valence electrons. The van der Waals surface area contributed by atoms with Crippen LogP contribution in [0.5, 0.6) is 0 Å². The molecule has 2 heteroatoms. The lowest BCUT2D eigenvalue weighted by Gasteiger charge is -2.22. The Morgan fingerprint density at radius 3 is 2.15 bits per heavy atom. The van der Waals surface area contributed by atoms with Crippen LogP contribution in [-0.4, -0.2) is 23.9 Å². The van der Waals surface area contributed by atoms with E-state index in [1.54, 1.807) is 0 Å². The fourth-order valence-electron chi connectivity index (χ4n) is 1.89. The van der Waals surface area contributed by atoms with Crippen molar-refractivity contribution in [1.82, 2.24) is 4.90 Å². The highest BCUT2D eigenvalue weighted by molar-refractivity contribution is 5.87. The summed E-state index contributed by atoms with van der Waals surface area (Å²) in [6.07, 6.45) is 3.90. The molecule has 2 nitrogen and oxygen atoms in total. The maximum absolute atomic E-state index is 11.4. The minimum Gasteiger partial charge on any atom is -0.339 e. The Bertz CT molecular complexity index is 188. The smallest absolute Gasteiger partial charge is 0.245 e. The van der Waals surface area contributed by atoms with Gasteiger partial charge in [-0.2, -0.15) is 0 Å². The Morgan fingerprint density at radius 1 is 1.31 bits per heavy atom. The molecule has 0 saturated carbocycles. The van der Waals surface area contributed by atoms with Gasteiger partial charge in [-0.25, -0.2) is 0 Å². The topological polar surface area (TPSA) is 20.3 Å². The zero-order valence-corrected chi connectivity index (χ0v) is 8.62. The Hall–Kier alpha value is -0.790. The average molecular weight is 181 g/mol. The van der Waals surface area contributed by atoms with Crippen molar-refractivity contribution >= 4 is 5.91 Å². The zero-order valence-electron chi connectivity index (χ0n) is 8.62. The molecule has 0 aromatic heterocycles. The summed E-state index contributed by atoms with van der Waals surface area (Å²) in [7, 11) is 0. The molecule has 0 aromatic carbocycles. The van der Waals surface area contributed by atoms with Crippen LogP contribution < -0.4 is 0 Å². The van der Waals surface area contributed by atoms with E-state index in [4.69, 9.17) is 0 Å². The fourth-order valence-corrected chi connectivity index (χ4v) is 1.89. The minimum absolute atomic E-state index is 0.0839. The van der Waals surface area contributed by atoms with E-state index in [9.17, 15) is 4.79 Å². The molecular weight excluding hydrogens is 162 g/mol. The summed E-state index contributed by atoms with van der Waals surface area (Å²) in [5.74, 6) is 1.35. The van der Waals surface area contributed by atoms with Crippen LogP contribution in [0.1, 0.15) is 26.7 Å². The molecular formula is C11H19NO. The van der Waals surface area contributed by atoms with Gasteiger partial charge in [-0.3, -0.25) is 4.79 Å². The second kappa shape index (κ2) is 4.45. The van der Waals surface area contributed by atoms with Gasteiger partial charge in [0, 0.05) is 13.1 Å². The third kappa shape index (κ3) is 2.87. The van der Waals surface area contributed by atoms with Gasteiger partial charge in [0.05, 0.1) is 0 Å². The molecule has 0 N–H and O–H groups in total. The second-order valence-electron chi connectivity index (χ2n) is 4.24. The molecule has 1 rings (SSSR count). The number of carbonyl (C=O) groups excluding carboxylic acids is 1. The van der Waals surface area contributed by atoms with Crippen LogP contribution in [0.3, 0.4) is 0 Å². The second-order valence-corrected chi connectivity index (χ2v) is 4.24. The van der Waals surface area contributed by atoms with Gasteiger partial charge in [-0.1, -0.05) is 20.4 Å². The van der Waals surface area contributed by atoms with Gasteiger partial charge in [0.1, 0.15) is 0 Å². The number of hydrogen-bond acceptors (Lipinski definition) is 1. The molecule has 0 radical (unpaired) electrons. The van der Waals surface area contributed by atoms with E-state index in [0.29, 0.717) is 11.8 Å². The first kappa shape index (κ1) is 10.3. The number of rotatable bonds is 1. The summed E-state index contributed by atoms with van der Waals surface area (Å²) in [5, 5.41) is 0. The van der Waals surface area contributed by atoms with Crippen LogP contribution in [-0.2, 0) is 4.79 Å². The largest absolute Gasteiger partial charge is 0.339 e. The first-order valence-electron chi connectivity index (χ1n) is 5.04. The van der Waals surface area contributed by atoms with Gasteiger partial charge in [0.2, 0.25) is 5.91 Å². The standard InChI is InChI=1S/C11H19NO/c1-4-11(13)12-7-9(2)5-6-10(3)8-12/h4,9-10H,1,5-8H2,2-3H3/t9-,10+. The maximum Gasteiger partial charge on any atom is 0.245 e. The molecule has 0 aliphatic carbocycles. The molecule has 1 saturated heterocycles. The zero-order chi connectivity index (χ0) is 9.84. The number of hydrogen-bond donors (Lipinski definition) is 0. The molecule has 0 bridgehead atoms. The van der Waals surface area contributed by atoms with E-state index < -0.39 is 0 Å². The molecule has 0 spiro atoms. The van der Waals surface area contributed by atoms with Crippen LogP contribution in [0, 0.1) is 11.8 Å². The van der Waals surface area contributed by atoms with Gasteiger partial charge in [-0.15, -0.1) is 0 Å². The SMILES string of the molecule is C=CC(=O)N1C[C@H](C)CC[C@H](C)C1. The van der Waals surface area contributed by atoms with Gasteiger partial charge >= 0.3 is 0 Å². The number of nitrogens with zero attached hydrogens (tertiary/aromatic N) is 1. The predicted octanol–water partition coefficient (Wildman–Crippen LogP) is 2.07. The van der Waals surface area contributed by atoms with Crippen molar-refractivity contribution in [1.29, 1.82) is 0 Å². The highest BCUT2D eigenvalue weighted by atomic mass is 16.2. The van der Waals surface area contributed by atoms with Gasteiger partial charge in [0.25, 0.3) is 0 Å². The Kier molecular flexibility index (Phi) is 3.52. The average Bonchev–Trinajstić information content (AvgIpc) is 2.27.